The van der Waals surface area contributed by atoms with Crippen molar-refractivity contribution < 1.29 is 8.42 Å². The van der Waals surface area contributed by atoms with Gasteiger partial charge in [-0.05, 0) is 47.1 Å². The molecule has 3 nitrogen and oxygen atoms in total. The van der Waals surface area contributed by atoms with Gasteiger partial charge in [-0.3, -0.25) is 0 Å². The second kappa shape index (κ2) is 7.59. The van der Waals surface area contributed by atoms with Crippen molar-refractivity contribution in [1.82, 2.24) is 4.72 Å². The maximum atomic E-state index is 12.1. The molecule has 1 N–H and O–H groups in total. The van der Waals surface area contributed by atoms with E-state index >= 15 is 0 Å². The minimum atomic E-state index is -3.46. The summed E-state index contributed by atoms with van der Waals surface area (Å²) in [6.45, 7) is 2.20. The Labute approximate surface area is 139 Å². The van der Waals surface area contributed by atoms with E-state index in [1.165, 1.54) is 0 Å². The molecule has 0 saturated heterocycles. The summed E-state index contributed by atoms with van der Waals surface area (Å²) >= 11 is 3.42. The van der Waals surface area contributed by atoms with Crippen LogP contribution in [0.4, 0.5) is 0 Å². The highest BCUT2D eigenvalue weighted by Gasteiger charge is 2.11. The summed E-state index contributed by atoms with van der Waals surface area (Å²) in [6.07, 6.45) is 0.451. The lowest BCUT2D eigenvalue weighted by Gasteiger charge is -2.05. The Hall–Kier alpha value is -1.61. The maximum absolute atomic E-state index is 12.1. The Morgan fingerprint density at radius 1 is 1.09 bits per heavy atom. The molecule has 0 atom stereocenters. The van der Waals surface area contributed by atoms with Crippen molar-refractivity contribution in [3.8, 4) is 11.8 Å². The number of halogens is 1. The first-order valence-electron chi connectivity index (χ1n) is 6.79. The Kier molecular flexibility index (Phi) is 5.78. The van der Waals surface area contributed by atoms with E-state index < -0.39 is 10.0 Å². The van der Waals surface area contributed by atoms with E-state index in [1.54, 1.807) is 24.3 Å². The number of aryl methyl sites for hydroxylation is 1. The van der Waals surface area contributed by atoms with Crippen molar-refractivity contribution in [1.29, 1.82) is 0 Å². The van der Waals surface area contributed by atoms with Crippen LogP contribution in [0, 0.1) is 18.8 Å². The van der Waals surface area contributed by atoms with Crippen LogP contribution in [0.2, 0.25) is 0 Å². The molecule has 2 rings (SSSR count). The molecule has 0 unspecified atom stereocenters. The maximum Gasteiger partial charge on any atom is 0.240 e. The molecule has 0 aliphatic rings. The standard InChI is InChI=1S/C17H16BrNO2S/c1-14-9-11-16(12-10-14)22(20,21)19-13-5-4-7-15-6-2-3-8-17(15)18/h2-3,6,8-12,19H,5,13H2,1H3. The summed E-state index contributed by atoms with van der Waals surface area (Å²) in [4.78, 5) is 0.275. The second-order valence-electron chi connectivity index (χ2n) is 4.74. The molecule has 2 aromatic carbocycles. The monoisotopic (exact) mass is 377 g/mol. The van der Waals surface area contributed by atoms with Crippen LogP contribution in [0.15, 0.2) is 57.9 Å². The van der Waals surface area contributed by atoms with Gasteiger partial charge in [-0.2, -0.15) is 0 Å². The first kappa shape index (κ1) is 16.8. The lowest BCUT2D eigenvalue weighted by molar-refractivity contribution is 0.582. The zero-order valence-corrected chi connectivity index (χ0v) is 14.5. The molecule has 0 spiro atoms. The molecule has 0 aliphatic carbocycles. The predicted molar refractivity (Wildman–Crippen MR) is 92.0 cm³/mol. The molecule has 22 heavy (non-hydrogen) atoms. The number of hydrogen-bond acceptors (Lipinski definition) is 2. The molecule has 5 heteroatoms. The highest BCUT2D eigenvalue weighted by molar-refractivity contribution is 9.10. The smallest absolute Gasteiger partial charge is 0.210 e. The van der Waals surface area contributed by atoms with Crippen molar-refractivity contribution in [3.05, 3.63) is 64.1 Å². The van der Waals surface area contributed by atoms with Crippen LogP contribution in [0.1, 0.15) is 17.5 Å². The molecule has 0 aliphatic heterocycles. The first-order chi connectivity index (χ1) is 10.5. The molecular weight excluding hydrogens is 362 g/mol. The third kappa shape index (κ3) is 4.70. The molecular formula is C17H16BrNO2S. The Bertz CT molecular complexity index is 803. The van der Waals surface area contributed by atoms with E-state index in [9.17, 15) is 8.42 Å². The Balaban J connectivity index is 1.92. The lowest BCUT2D eigenvalue weighted by atomic mass is 10.2. The van der Waals surface area contributed by atoms with Crippen molar-refractivity contribution in [3.63, 3.8) is 0 Å². The molecule has 0 aromatic heterocycles. The Morgan fingerprint density at radius 3 is 2.45 bits per heavy atom. The zero-order chi connectivity index (χ0) is 16.0. The SMILES string of the molecule is Cc1ccc(S(=O)(=O)NCCC#Cc2ccccc2Br)cc1. The topological polar surface area (TPSA) is 46.2 Å². The molecule has 0 bridgehead atoms. The van der Waals surface area contributed by atoms with Crippen molar-refractivity contribution in [2.45, 2.75) is 18.2 Å². The fraction of sp³-hybridized carbons (Fsp3) is 0.176. The van der Waals surface area contributed by atoms with E-state index in [0.717, 1.165) is 15.6 Å². The van der Waals surface area contributed by atoms with E-state index in [4.69, 9.17) is 0 Å². The van der Waals surface area contributed by atoms with Gasteiger partial charge in [-0.25, -0.2) is 13.1 Å². The van der Waals surface area contributed by atoms with Gasteiger partial charge in [0.25, 0.3) is 0 Å². The molecule has 0 heterocycles. The van der Waals surface area contributed by atoms with E-state index in [1.807, 2.05) is 31.2 Å². The van der Waals surface area contributed by atoms with E-state index in [2.05, 4.69) is 32.5 Å². The molecule has 2 aromatic rings. The average molecular weight is 378 g/mol. The quantitative estimate of drug-likeness (QED) is 0.654. The number of hydrogen-bond donors (Lipinski definition) is 1. The van der Waals surface area contributed by atoms with Gasteiger partial charge in [0.1, 0.15) is 0 Å². The normalized spacial score (nSPS) is 10.8. The summed E-state index contributed by atoms with van der Waals surface area (Å²) in [5.41, 5.74) is 1.92. The van der Waals surface area contributed by atoms with Gasteiger partial charge in [0.2, 0.25) is 10.0 Å². The lowest BCUT2D eigenvalue weighted by Crippen LogP contribution is -2.24. The van der Waals surface area contributed by atoms with E-state index in [-0.39, 0.29) is 11.4 Å². The predicted octanol–water partition coefficient (Wildman–Crippen LogP) is 3.48. The van der Waals surface area contributed by atoms with Crippen molar-refractivity contribution in [2.75, 3.05) is 6.54 Å². The third-order valence-electron chi connectivity index (χ3n) is 2.97. The highest BCUT2D eigenvalue weighted by Crippen LogP contribution is 2.14. The van der Waals surface area contributed by atoms with Gasteiger partial charge in [0.15, 0.2) is 0 Å². The summed E-state index contributed by atoms with van der Waals surface area (Å²) in [6, 6.07) is 14.4. The van der Waals surface area contributed by atoms with Gasteiger partial charge < -0.3 is 0 Å². The summed E-state index contributed by atoms with van der Waals surface area (Å²) < 4.78 is 27.6. The van der Waals surface area contributed by atoms with E-state index in [0.29, 0.717) is 6.42 Å². The van der Waals surface area contributed by atoms with Gasteiger partial charge >= 0.3 is 0 Å². The van der Waals surface area contributed by atoms with Crippen molar-refractivity contribution in [2.24, 2.45) is 0 Å². The summed E-state index contributed by atoms with van der Waals surface area (Å²) in [5, 5.41) is 0. The number of nitrogens with one attached hydrogen (secondary N) is 1. The average Bonchev–Trinajstić information content (AvgIpc) is 2.49. The fourth-order valence-corrected chi connectivity index (χ4v) is 3.18. The zero-order valence-electron chi connectivity index (χ0n) is 12.1. The fourth-order valence-electron chi connectivity index (χ4n) is 1.77. The number of sulfonamides is 1. The largest absolute Gasteiger partial charge is 0.240 e. The van der Waals surface area contributed by atoms with Crippen LogP contribution in [-0.2, 0) is 10.0 Å². The summed E-state index contributed by atoms with van der Waals surface area (Å²) in [5.74, 6) is 5.98. The number of rotatable bonds is 4. The van der Waals surface area contributed by atoms with Crippen LogP contribution in [0.5, 0.6) is 0 Å². The molecule has 0 saturated carbocycles. The molecule has 114 valence electrons. The summed E-state index contributed by atoms with van der Waals surface area (Å²) in [7, 11) is -3.46. The van der Waals surface area contributed by atoms with Crippen LogP contribution in [0.3, 0.4) is 0 Å². The van der Waals surface area contributed by atoms with Gasteiger partial charge in [-0.1, -0.05) is 41.7 Å². The first-order valence-corrected chi connectivity index (χ1v) is 9.06. The Morgan fingerprint density at radius 2 is 1.77 bits per heavy atom. The van der Waals surface area contributed by atoms with Gasteiger partial charge in [-0.15, -0.1) is 0 Å². The van der Waals surface area contributed by atoms with Crippen molar-refractivity contribution >= 4 is 26.0 Å². The van der Waals surface area contributed by atoms with Crippen LogP contribution >= 0.6 is 15.9 Å². The van der Waals surface area contributed by atoms with Gasteiger partial charge in [0, 0.05) is 23.0 Å². The molecule has 0 radical (unpaired) electrons. The van der Waals surface area contributed by atoms with Crippen LogP contribution in [-0.4, -0.2) is 15.0 Å². The highest BCUT2D eigenvalue weighted by atomic mass is 79.9. The molecule has 0 fully saturated rings. The molecule has 0 amide bonds. The second-order valence-corrected chi connectivity index (χ2v) is 7.36. The number of benzene rings is 2. The minimum absolute atomic E-state index is 0.275. The minimum Gasteiger partial charge on any atom is -0.210 e. The van der Waals surface area contributed by atoms with Gasteiger partial charge in [0.05, 0.1) is 4.90 Å². The van der Waals surface area contributed by atoms with Crippen LogP contribution < -0.4 is 4.72 Å². The third-order valence-corrected chi connectivity index (χ3v) is 5.14. The van der Waals surface area contributed by atoms with Crippen LogP contribution in [0.25, 0.3) is 0 Å².